The third kappa shape index (κ3) is 7.36. The van der Waals surface area contributed by atoms with Gasteiger partial charge in [0.1, 0.15) is 43.5 Å². The van der Waals surface area contributed by atoms with E-state index in [1.165, 1.54) is 0 Å². The molecule has 0 radical (unpaired) electrons. The van der Waals surface area contributed by atoms with E-state index in [1.807, 2.05) is 36.4 Å². The average Bonchev–Trinajstić information content (AvgIpc) is 3.20. The van der Waals surface area contributed by atoms with E-state index >= 15 is 0 Å². The summed E-state index contributed by atoms with van der Waals surface area (Å²) in [6, 6.07) is 13.4. The fourth-order valence-electron chi connectivity index (χ4n) is 3.52. The van der Waals surface area contributed by atoms with Crippen LogP contribution in [0.5, 0.6) is 11.5 Å². The van der Waals surface area contributed by atoms with Crippen LogP contribution in [0, 0.1) is 0 Å². The minimum absolute atomic E-state index is 0.0557. The minimum Gasteiger partial charge on any atom is -0.491 e. The maximum absolute atomic E-state index is 10.4. The van der Waals surface area contributed by atoms with E-state index in [0.717, 1.165) is 20.5 Å². The molecular formula is C24H31Cl2IN3O5+. The van der Waals surface area contributed by atoms with E-state index in [1.54, 1.807) is 16.5 Å². The van der Waals surface area contributed by atoms with Gasteiger partial charge in [-0.05, 0) is 58.0 Å². The Morgan fingerprint density at radius 1 is 1.06 bits per heavy atom. The number of nitrogens with zero attached hydrogens (tertiary/aromatic N) is 1. The van der Waals surface area contributed by atoms with Crippen molar-refractivity contribution in [3.63, 3.8) is 0 Å². The molecule has 35 heavy (non-hydrogen) atoms. The second-order valence-electron chi connectivity index (χ2n) is 8.74. The predicted octanol–water partition coefficient (Wildman–Crippen LogP) is 2.28. The number of halogens is 3. The van der Waals surface area contributed by atoms with Crippen LogP contribution in [-0.4, -0.2) is 64.8 Å². The van der Waals surface area contributed by atoms with Crippen LogP contribution in [0.3, 0.4) is 0 Å². The lowest BCUT2D eigenvalue weighted by Crippen LogP contribution is -2.91. The highest BCUT2D eigenvalue weighted by Gasteiger charge is 2.26. The van der Waals surface area contributed by atoms with E-state index in [9.17, 15) is 15.3 Å². The molecule has 0 spiro atoms. The largest absolute Gasteiger partial charge is 0.491 e. The van der Waals surface area contributed by atoms with Crippen molar-refractivity contribution >= 4 is 45.8 Å². The zero-order valence-electron chi connectivity index (χ0n) is 19.5. The lowest BCUT2D eigenvalue weighted by Gasteiger charge is -2.27. The minimum atomic E-state index is -0.749. The molecule has 2 aromatic carbocycles. The van der Waals surface area contributed by atoms with Crippen LogP contribution < -0.4 is 20.4 Å². The zero-order valence-corrected chi connectivity index (χ0v) is 23.2. The number of hydrazine groups is 1. The molecule has 3 rings (SSSR count). The second-order valence-corrected chi connectivity index (χ2v) is 10.5. The van der Waals surface area contributed by atoms with Gasteiger partial charge in [0.25, 0.3) is 0 Å². The summed E-state index contributed by atoms with van der Waals surface area (Å²) in [5, 5.41) is 31.5. The average molecular weight is 639 g/mol. The topological polar surface area (TPSA) is 111 Å². The number of rotatable bonds is 12. The Labute approximate surface area is 228 Å². The highest BCUT2D eigenvalue weighted by atomic mass is 127. The summed E-state index contributed by atoms with van der Waals surface area (Å²) in [6.45, 7) is 4.69. The van der Waals surface area contributed by atoms with Crippen LogP contribution >= 0.6 is 45.8 Å². The Morgan fingerprint density at radius 3 is 2.31 bits per heavy atom. The highest BCUT2D eigenvalue weighted by molar-refractivity contribution is 14.1. The first-order valence-corrected chi connectivity index (χ1v) is 13.1. The molecule has 8 nitrogen and oxygen atoms in total. The lowest BCUT2D eigenvalue weighted by molar-refractivity contribution is -0.678. The molecule has 192 valence electrons. The maximum Gasteiger partial charge on any atom is 0.183 e. The van der Waals surface area contributed by atoms with Gasteiger partial charge in [0.05, 0.1) is 17.4 Å². The van der Waals surface area contributed by atoms with E-state index < -0.39 is 12.2 Å². The van der Waals surface area contributed by atoms with Crippen molar-refractivity contribution in [1.29, 1.82) is 0 Å². The quantitative estimate of drug-likeness (QED) is 0.105. The Balaban J connectivity index is 1.58. The SMILES string of the molecule is CC(C)(c1ccc(OCC(O)CN2N[NH2+]C(CO)=C2I)cc1)c1ccc(OCC(O)CCl)c(Cl)c1. The third-order valence-electron chi connectivity index (χ3n) is 5.74. The van der Waals surface area contributed by atoms with Crippen molar-refractivity contribution in [2.45, 2.75) is 31.5 Å². The first-order valence-electron chi connectivity index (χ1n) is 11.1. The molecule has 0 aliphatic carbocycles. The molecule has 1 aliphatic rings. The van der Waals surface area contributed by atoms with E-state index in [-0.39, 0.29) is 31.1 Å². The second kappa shape index (κ2) is 12.8. The maximum atomic E-state index is 10.4. The van der Waals surface area contributed by atoms with Gasteiger partial charge in [0.15, 0.2) is 9.40 Å². The summed E-state index contributed by atoms with van der Waals surface area (Å²) in [5.74, 6) is 1.25. The molecule has 0 fully saturated rings. The molecule has 0 saturated carbocycles. The van der Waals surface area contributed by atoms with Crippen molar-refractivity contribution in [2.75, 3.05) is 32.2 Å². The molecule has 0 bridgehead atoms. The normalized spacial score (nSPS) is 15.9. The van der Waals surface area contributed by atoms with Crippen LogP contribution in [0.25, 0.3) is 0 Å². The predicted molar refractivity (Wildman–Crippen MR) is 144 cm³/mol. The third-order valence-corrected chi connectivity index (χ3v) is 7.67. The molecule has 2 aromatic rings. The Hall–Kier alpha value is -1.31. The van der Waals surface area contributed by atoms with Crippen LogP contribution in [0.1, 0.15) is 25.0 Å². The number of hydrogen-bond donors (Lipinski definition) is 5. The zero-order chi connectivity index (χ0) is 25.6. The number of ether oxygens (including phenoxy) is 2. The van der Waals surface area contributed by atoms with Gasteiger partial charge in [-0.25, -0.2) is 5.43 Å². The fourth-order valence-corrected chi connectivity index (χ4v) is 4.50. The summed E-state index contributed by atoms with van der Waals surface area (Å²) in [6.07, 6.45) is -1.47. The summed E-state index contributed by atoms with van der Waals surface area (Å²) >= 11 is 14.2. The monoisotopic (exact) mass is 638 g/mol. The van der Waals surface area contributed by atoms with E-state index in [4.69, 9.17) is 32.7 Å². The number of nitrogens with one attached hydrogen (secondary N) is 1. The van der Waals surface area contributed by atoms with Crippen molar-refractivity contribution in [3.8, 4) is 11.5 Å². The van der Waals surface area contributed by atoms with Crippen molar-refractivity contribution < 1.29 is 30.2 Å². The summed E-state index contributed by atoms with van der Waals surface area (Å²) in [7, 11) is 0. The van der Waals surface area contributed by atoms with Gasteiger partial charge in [-0.2, -0.15) is 0 Å². The molecule has 1 aliphatic heterocycles. The highest BCUT2D eigenvalue weighted by Crippen LogP contribution is 2.36. The van der Waals surface area contributed by atoms with Gasteiger partial charge in [-0.3, -0.25) is 5.01 Å². The standard InChI is InChI=1S/C24H30Cl2IN3O5/c1-24(2,16-5-8-22(20(26)9-16)35-13-17(32)10-25)15-3-6-19(7-4-15)34-14-18(33)11-30-23(27)21(12-31)28-29-30/h3-9,17-18,28-29,31-33H,10-14H2,1-2H3/p+1. The number of β-amino-alcohol motifs (C(OH)–C–C–N with tert-alkyl or cyclic N) is 1. The summed E-state index contributed by atoms with van der Waals surface area (Å²) < 4.78 is 12.2. The number of aliphatic hydroxyl groups excluding tert-OH is 3. The number of nitrogens with two attached hydrogens (primary N) is 1. The summed E-state index contributed by atoms with van der Waals surface area (Å²) in [4.78, 5) is 0. The van der Waals surface area contributed by atoms with Crippen molar-refractivity contribution in [1.82, 2.24) is 10.5 Å². The van der Waals surface area contributed by atoms with Gasteiger partial charge < -0.3 is 24.8 Å². The molecule has 0 amide bonds. The van der Waals surface area contributed by atoms with Crippen LogP contribution in [-0.2, 0) is 5.41 Å². The van der Waals surface area contributed by atoms with E-state index in [0.29, 0.717) is 23.1 Å². The Bertz CT molecular complexity index is 1020. The van der Waals surface area contributed by atoms with Crippen molar-refractivity contribution in [3.05, 3.63) is 68.0 Å². The smallest absolute Gasteiger partial charge is 0.183 e. The number of hydrogen-bond acceptors (Lipinski definition) is 7. The first kappa shape index (κ1) is 28.3. The van der Waals surface area contributed by atoms with Gasteiger partial charge in [-0.1, -0.05) is 49.2 Å². The number of aliphatic hydroxyl groups is 3. The van der Waals surface area contributed by atoms with E-state index in [2.05, 4.69) is 42.0 Å². The molecule has 0 aromatic heterocycles. The van der Waals surface area contributed by atoms with Gasteiger partial charge in [-0.15, -0.1) is 11.6 Å². The molecule has 2 unspecified atom stereocenters. The van der Waals surface area contributed by atoms with Gasteiger partial charge in [0, 0.05) is 5.41 Å². The molecule has 1 heterocycles. The molecule has 0 saturated heterocycles. The lowest BCUT2D eigenvalue weighted by atomic mass is 9.78. The number of quaternary nitrogens is 1. The van der Waals surface area contributed by atoms with Gasteiger partial charge in [0.2, 0.25) is 0 Å². The Morgan fingerprint density at radius 2 is 1.71 bits per heavy atom. The number of benzene rings is 2. The van der Waals surface area contributed by atoms with Gasteiger partial charge >= 0.3 is 0 Å². The molecule has 2 atom stereocenters. The summed E-state index contributed by atoms with van der Waals surface area (Å²) in [5.41, 5.74) is 7.27. The van der Waals surface area contributed by atoms with Crippen LogP contribution in [0.2, 0.25) is 5.02 Å². The first-order chi connectivity index (χ1) is 16.6. The molecule has 11 heteroatoms. The van der Waals surface area contributed by atoms with Crippen LogP contribution in [0.15, 0.2) is 51.9 Å². The van der Waals surface area contributed by atoms with Crippen LogP contribution in [0.4, 0.5) is 0 Å². The molecular weight excluding hydrogens is 608 g/mol. The van der Waals surface area contributed by atoms with Crippen molar-refractivity contribution in [2.24, 2.45) is 0 Å². The molecule has 6 N–H and O–H groups in total. The number of alkyl halides is 1. The fraction of sp³-hybridized carbons (Fsp3) is 0.417. The Kier molecular flexibility index (Phi) is 10.3.